The standard InChI is InChI=1S/C24H28N4O3/c1-17(2)31-21-13-11-18(12-14-21)23(29)27-15-7-8-19(16-27)22-25-26(3)24(30)28(22)20-9-5-4-6-10-20/h4-6,9-14,17,19H,7-8,15-16H2,1-3H3. The van der Waals surface area contributed by atoms with E-state index in [9.17, 15) is 9.59 Å². The smallest absolute Gasteiger partial charge is 0.350 e. The first-order chi connectivity index (χ1) is 14.9. The van der Waals surface area contributed by atoms with E-state index in [1.807, 2.05) is 73.3 Å². The van der Waals surface area contributed by atoms with Crippen LogP contribution in [0.1, 0.15) is 48.8 Å². The van der Waals surface area contributed by atoms with Crippen LogP contribution in [0.4, 0.5) is 0 Å². The molecule has 0 bridgehead atoms. The van der Waals surface area contributed by atoms with Crippen molar-refractivity contribution in [2.75, 3.05) is 13.1 Å². The van der Waals surface area contributed by atoms with Gasteiger partial charge in [0.1, 0.15) is 11.6 Å². The molecule has 0 saturated carbocycles. The number of carbonyl (C=O) groups is 1. The van der Waals surface area contributed by atoms with E-state index in [0.717, 1.165) is 24.3 Å². The third-order valence-corrected chi connectivity index (χ3v) is 5.51. The third kappa shape index (κ3) is 4.40. The number of piperidine rings is 1. The molecule has 1 unspecified atom stereocenters. The summed E-state index contributed by atoms with van der Waals surface area (Å²) in [6.07, 6.45) is 1.84. The normalized spacial score (nSPS) is 16.5. The minimum Gasteiger partial charge on any atom is -0.491 e. The Morgan fingerprint density at radius 1 is 1.10 bits per heavy atom. The summed E-state index contributed by atoms with van der Waals surface area (Å²) in [5.74, 6) is 1.45. The number of nitrogens with zero attached hydrogens (tertiary/aromatic N) is 4. The monoisotopic (exact) mass is 420 g/mol. The molecular formula is C24H28N4O3. The van der Waals surface area contributed by atoms with Crippen molar-refractivity contribution in [1.82, 2.24) is 19.2 Å². The molecule has 3 aromatic rings. The Balaban J connectivity index is 1.56. The van der Waals surface area contributed by atoms with Crippen molar-refractivity contribution in [2.24, 2.45) is 7.05 Å². The second kappa shape index (κ2) is 8.79. The fraction of sp³-hybridized carbons (Fsp3) is 0.375. The van der Waals surface area contributed by atoms with E-state index >= 15 is 0 Å². The highest BCUT2D eigenvalue weighted by molar-refractivity contribution is 5.94. The van der Waals surface area contributed by atoms with Gasteiger partial charge in [0.2, 0.25) is 0 Å². The number of para-hydroxylation sites is 1. The van der Waals surface area contributed by atoms with Crippen molar-refractivity contribution in [2.45, 2.75) is 38.7 Å². The van der Waals surface area contributed by atoms with E-state index in [0.29, 0.717) is 24.5 Å². The summed E-state index contributed by atoms with van der Waals surface area (Å²) in [5, 5.41) is 4.53. The number of aromatic nitrogens is 3. The lowest BCUT2D eigenvalue weighted by atomic mass is 9.96. The quantitative estimate of drug-likeness (QED) is 0.635. The van der Waals surface area contributed by atoms with Crippen molar-refractivity contribution in [1.29, 1.82) is 0 Å². The van der Waals surface area contributed by atoms with Gasteiger partial charge in [0, 0.05) is 31.6 Å². The Morgan fingerprint density at radius 2 is 1.81 bits per heavy atom. The van der Waals surface area contributed by atoms with E-state index in [4.69, 9.17) is 4.74 Å². The van der Waals surface area contributed by atoms with Crippen LogP contribution < -0.4 is 10.4 Å². The first kappa shape index (κ1) is 20.9. The predicted molar refractivity (Wildman–Crippen MR) is 119 cm³/mol. The van der Waals surface area contributed by atoms with E-state index in [-0.39, 0.29) is 23.6 Å². The van der Waals surface area contributed by atoms with Gasteiger partial charge in [0.15, 0.2) is 0 Å². The number of benzene rings is 2. The molecule has 162 valence electrons. The van der Waals surface area contributed by atoms with Crippen LogP contribution >= 0.6 is 0 Å². The van der Waals surface area contributed by atoms with Gasteiger partial charge in [-0.3, -0.25) is 4.79 Å². The Bertz CT molecular complexity index is 1100. The number of hydrogen-bond acceptors (Lipinski definition) is 4. The third-order valence-electron chi connectivity index (χ3n) is 5.51. The Morgan fingerprint density at radius 3 is 2.48 bits per heavy atom. The number of ether oxygens (including phenoxy) is 1. The summed E-state index contributed by atoms with van der Waals surface area (Å²) in [5.41, 5.74) is 1.25. The maximum atomic E-state index is 13.1. The van der Waals surface area contributed by atoms with Crippen molar-refractivity contribution in [3.8, 4) is 11.4 Å². The van der Waals surface area contributed by atoms with Crippen LogP contribution in [0.2, 0.25) is 0 Å². The molecule has 2 heterocycles. The molecule has 1 aliphatic rings. The van der Waals surface area contributed by atoms with Crippen LogP contribution in [0.25, 0.3) is 5.69 Å². The summed E-state index contributed by atoms with van der Waals surface area (Å²) in [7, 11) is 1.66. The first-order valence-electron chi connectivity index (χ1n) is 10.7. The van der Waals surface area contributed by atoms with Crippen LogP contribution in [-0.2, 0) is 7.05 Å². The van der Waals surface area contributed by atoms with Gasteiger partial charge in [0.25, 0.3) is 5.91 Å². The van der Waals surface area contributed by atoms with Crippen LogP contribution in [-0.4, -0.2) is 44.3 Å². The minimum absolute atomic E-state index is 0.00430. The second-order valence-corrected chi connectivity index (χ2v) is 8.22. The Kier molecular flexibility index (Phi) is 5.93. The maximum Gasteiger partial charge on any atom is 0.350 e. The number of carbonyl (C=O) groups excluding carboxylic acids is 1. The fourth-order valence-corrected chi connectivity index (χ4v) is 4.07. The zero-order valence-electron chi connectivity index (χ0n) is 18.2. The van der Waals surface area contributed by atoms with Crippen LogP contribution in [0.15, 0.2) is 59.4 Å². The molecule has 1 aliphatic heterocycles. The maximum absolute atomic E-state index is 13.1. The fourth-order valence-electron chi connectivity index (χ4n) is 4.07. The molecule has 2 aromatic carbocycles. The summed E-state index contributed by atoms with van der Waals surface area (Å²) in [6.45, 7) is 5.17. The highest BCUT2D eigenvalue weighted by Gasteiger charge is 2.30. The molecule has 1 amide bonds. The topological polar surface area (TPSA) is 69.4 Å². The molecule has 1 aromatic heterocycles. The zero-order chi connectivity index (χ0) is 22.0. The summed E-state index contributed by atoms with van der Waals surface area (Å²) in [4.78, 5) is 27.7. The average molecular weight is 421 g/mol. The van der Waals surface area contributed by atoms with Gasteiger partial charge in [-0.05, 0) is 63.1 Å². The summed E-state index contributed by atoms with van der Waals surface area (Å²) >= 11 is 0. The molecule has 0 aliphatic carbocycles. The molecule has 1 atom stereocenters. The molecule has 7 heteroatoms. The number of hydrogen-bond donors (Lipinski definition) is 0. The van der Waals surface area contributed by atoms with Gasteiger partial charge >= 0.3 is 5.69 Å². The summed E-state index contributed by atoms with van der Waals surface area (Å²) in [6, 6.07) is 16.8. The molecule has 31 heavy (non-hydrogen) atoms. The van der Waals surface area contributed by atoms with Gasteiger partial charge in [-0.15, -0.1) is 0 Å². The van der Waals surface area contributed by atoms with Crippen molar-refractivity contribution >= 4 is 5.91 Å². The van der Waals surface area contributed by atoms with Crippen LogP contribution in [0, 0.1) is 0 Å². The number of likely N-dealkylation sites (tertiary alicyclic amines) is 1. The van der Waals surface area contributed by atoms with E-state index in [2.05, 4.69) is 5.10 Å². The Hall–Kier alpha value is -3.35. The van der Waals surface area contributed by atoms with Gasteiger partial charge in [-0.1, -0.05) is 18.2 Å². The van der Waals surface area contributed by atoms with Gasteiger partial charge in [-0.25, -0.2) is 14.0 Å². The lowest BCUT2D eigenvalue weighted by molar-refractivity contribution is 0.0703. The predicted octanol–water partition coefficient (Wildman–Crippen LogP) is 3.38. The Labute approximate surface area is 181 Å². The lowest BCUT2D eigenvalue weighted by Crippen LogP contribution is -2.40. The van der Waals surface area contributed by atoms with Gasteiger partial charge < -0.3 is 9.64 Å². The van der Waals surface area contributed by atoms with Crippen molar-refractivity contribution < 1.29 is 9.53 Å². The van der Waals surface area contributed by atoms with Crippen molar-refractivity contribution in [3.63, 3.8) is 0 Å². The molecule has 1 fully saturated rings. The highest BCUT2D eigenvalue weighted by Crippen LogP contribution is 2.28. The molecule has 0 spiro atoms. The second-order valence-electron chi connectivity index (χ2n) is 8.22. The summed E-state index contributed by atoms with van der Waals surface area (Å²) < 4.78 is 8.71. The minimum atomic E-state index is -0.176. The SMILES string of the molecule is CC(C)Oc1ccc(C(=O)N2CCCC(c3nn(C)c(=O)n3-c3ccccc3)C2)cc1. The van der Waals surface area contributed by atoms with E-state index in [1.165, 1.54) is 4.68 Å². The van der Waals surface area contributed by atoms with Gasteiger partial charge in [0.05, 0.1) is 11.8 Å². The molecule has 0 radical (unpaired) electrons. The molecule has 7 nitrogen and oxygen atoms in total. The van der Waals surface area contributed by atoms with E-state index < -0.39 is 0 Å². The number of rotatable bonds is 5. The van der Waals surface area contributed by atoms with E-state index in [1.54, 1.807) is 11.6 Å². The molecular weight excluding hydrogens is 392 g/mol. The average Bonchev–Trinajstić information content (AvgIpc) is 3.08. The number of amides is 1. The lowest BCUT2D eigenvalue weighted by Gasteiger charge is -2.32. The largest absolute Gasteiger partial charge is 0.491 e. The van der Waals surface area contributed by atoms with Crippen LogP contribution in [0.5, 0.6) is 5.75 Å². The molecule has 1 saturated heterocycles. The number of aryl methyl sites for hydroxylation is 1. The van der Waals surface area contributed by atoms with Gasteiger partial charge in [-0.2, -0.15) is 5.10 Å². The molecule has 4 rings (SSSR count). The molecule has 0 N–H and O–H groups in total. The van der Waals surface area contributed by atoms with Crippen molar-refractivity contribution in [3.05, 3.63) is 76.5 Å². The first-order valence-corrected chi connectivity index (χ1v) is 10.7. The zero-order valence-corrected chi connectivity index (χ0v) is 18.2. The van der Waals surface area contributed by atoms with Crippen LogP contribution in [0.3, 0.4) is 0 Å². The highest BCUT2D eigenvalue weighted by atomic mass is 16.5.